The third-order valence-corrected chi connectivity index (χ3v) is 7.43. The highest BCUT2D eigenvalue weighted by Gasteiger charge is 2.32. The fraction of sp³-hybridized carbons (Fsp3) is 0.760. The van der Waals surface area contributed by atoms with E-state index in [0.29, 0.717) is 12.2 Å². The lowest BCUT2D eigenvalue weighted by molar-refractivity contribution is 0.158. The monoisotopic (exact) mass is 392 g/mol. The lowest BCUT2D eigenvalue weighted by Crippen LogP contribution is -2.25. The molecular weight excluding hydrogens is 354 g/mol. The SMILES string of the molecule is CCCCCOc1ccc(C2CCC([C@H]3CC[C@H](CC)CC3)CC2)c(F)c1F. The second kappa shape index (κ2) is 10.6. The molecule has 0 aliphatic heterocycles. The first-order valence-electron chi connectivity index (χ1n) is 11.7. The highest BCUT2D eigenvalue weighted by molar-refractivity contribution is 5.33. The van der Waals surface area contributed by atoms with Crippen molar-refractivity contribution in [1.29, 1.82) is 0 Å². The minimum atomic E-state index is -0.797. The van der Waals surface area contributed by atoms with Gasteiger partial charge >= 0.3 is 0 Å². The molecule has 2 saturated carbocycles. The summed E-state index contributed by atoms with van der Waals surface area (Å²) in [6.45, 7) is 4.88. The molecule has 0 spiro atoms. The summed E-state index contributed by atoms with van der Waals surface area (Å²) in [5.41, 5.74) is 0.562. The average Bonchev–Trinajstić information content (AvgIpc) is 2.74. The lowest BCUT2D eigenvalue weighted by Gasteiger charge is -2.38. The quantitative estimate of drug-likeness (QED) is 0.407. The Bertz CT molecular complexity index is 599. The Morgan fingerprint density at radius 3 is 2.07 bits per heavy atom. The van der Waals surface area contributed by atoms with Crippen LogP contribution in [0.1, 0.15) is 102 Å². The van der Waals surface area contributed by atoms with E-state index in [1.54, 1.807) is 12.1 Å². The maximum atomic E-state index is 14.7. The van der Waals surface area contributed by atoms with E-state index in [2.05, 4.69) is 13.8 Å². The number of unbranched alkanes of at least 4 members (excludes halogenated alkanes) is 2. The molecule has 0 amide bonds. The van der Waals surface area contributed by atoms with Crippen molar-refractivity contribution in [2.45, 2.75) is 96.8 Å². The molecular formula is C25H38F2O. The summed E-state index contributed by atoms with van der Waals surface area (Å²) in [6, 6.07) is 3.41. The summed E-state index contributed by atoms with van der Waals surface area (Å²) >= 11 is 0. The molecule has 0 atom stereocenters. The van der Waals surface area contributed by atoms with Crippen molar-refractivity contribution in [3.05, 3.63) is 29.3 Å². The molecule has 3 heteroatoms. The number of benzene rings is 1. The number of rotatable bonds is 8. The summed E-state index contributed by atoms with van der Waals surface area (Å²) < 4.78 is 34.6. The van der Waals surface area contributed by atoms with Gasteiger partial charge in [0.05, 0.1) is 6.61 Å². The van der Waals surface area contributed by atoms with Crippen LogP contribution in [0.4, 0.5) is 8.78 Å². The minimum Gasteiger partial charge on any atom is -0.490 e. The van der Waals surface area contributed by atoms with Crippen LogP contribution in [0.15, 0.2) is 12.1 Å². The Morgan fingerprint density at radius 2 is 1.46 bits per heavy atom. The number of ether oxygens (including phenoxy) is 1. The van der Waals surface area contributed by atoms with Gasteiger partial charge in [-0.05, 0) is 80.2 Å². The lowest BCUT2D eigenvalue weighted by atomic mass is 9.68. The molecule has 158 valence electrons. The van der Waals surface area contributed by atoms with Crippen LogP contribution in [0.2, 0.25) is 0 Å². The van der Waals surface area contributed by atoms with Crippen LogP contribution in [0.25, 0.3) is 0 Å². The third-order valence-electron chi connectivity index (χ3n) is 7.43. The zero-order valence-corrected chi connectivity index (χ0v) is 17.8. The molecule has 0 saturated heterocycles. The van der Waals surface area contributed by atoms with Crippen LogP contribution in [0.5, 0.6) is 5.75 Å². The van der Waals surface area contributed by atoms with Crippen molar-refractivity contribution >= 4 is 0 Å². The molecule has 1 nitrogen and oxygen atoms in total. The molecule has 3 rings (SSSR count). The molecule has 0 aromatic heterocycles. The van der Waals surface area contributed by atoms with Crippen molar-refractivity contribution in [3.8, 4) is 5.75 Å². The van der Waals surface area contributed by atoms with E-state index in [1.807, 2.05) is 0 Å². The number of hydrogen-bond donors (Lipinski definition) is 0. The van der Waals surface area contributed by atoms with Gasteiger partial charge in [-0.3, -0.25) is 0 Å². The van der Waals surface area contributed by atoms with E-state index in [9.17, 15) is 8.78 Å². The van der Waals surface area contributed by atoms with E-state index >= 15 is 0 Å². The summed E-state index contributed by atoms with van der Waals surface area (Å²) in [7, 11) is 0. The minimum absolute atomic E-state index is 0.0683. The van der Waals surface area contributed by atoms with E-state index < -0.39 is 11.6 Å². The van der Waals surface area contributed by atoms with E-state index in [0.717, 1.165) is 49.9 Å². The Labute approximate surface area is 170 Å². The number of hydrogen-bond acceptors (Lipinski definition) is 1. The van der Waals surface area contributed by atoms with Crippen molar-refractivity contribution in [3.63, 3.8) is 0 Å². The molecule has 2 aliphatic rings. The first-order chi connectivity index (χ1) is 13.6. The molecule has 2 fully saturated rings. The zero-order chi connectivity index (χ0) is 19.9. The predicted octanol–water partition coefficient (Wildman–Crippen LogP) is 8.02. The molecule has 0 unspecified atom stereocenters. The van der Waals surface area contributed by atoms with Gasteiger partial charge < -0.3 is 4.74 Å². The van der Waals surface area contributed by atoms with Crippen LogP contribution < -0.4 is 4.74 Å². The van der Waals surface area contributed by atoms with E-state index in [4.69, 9.17) is 4.74 Å². The highest BCUT2D eigenvalue weighted by atomic mass is 19.2. The maximum absolute atomic E-state index is 14.7. The van der Waals surface area contributed by atoms with E-state index in [1.165, 1.54) is 44.9 Å². The maximum Gasteiger partial charge on any atom is 0.200 e. The number of halogens is 2. The second-order valence-corrected chi connectivity index (χ2v) is 9.14. The second-order valence-electron chi connectivity index (χ2n) is 9.14. The third kappa shape index (κ3) is 5.27. The van der Waals surface area contributed by atoms with Crippen LogP contribution >= 0.6 is 0 Å². The Morgan fingerprint density at radius 1 is 0.821 bits per heavy atom. The molecule has 0 N–H and O–H groups in total. The molecule has 28 heavy (non-hydrogen) atoms. The predicted molar refractivity (Wildman–Crippen MR) is 112 cm³/mol. The summed E-state index contributed by atoms with van der Waals surface area (Å²) in [5, 5.41) is 0. The molecule has 0 heterocycles. The Kier molecular flexibility index (Phi) is 8.17. The van der Waals surface area contributed by atoms with Gasteiger partial charge in [-0.15, -0.1) is 0 Å². The first kappa shape index (κ1) is 21.6. The van der Waals surface area contributed by atoms with Crippen molar-refractivity contribution in [2.24, 2.45) is 17.8 Å². The van der Waals surface area contributed by atoms with E-state index in [-0.39, 0.29) is 11.7 Å². The standard InChI is InChI=1S/C25H38F2O/c1-3-5-6-17-28-23-16-15-22(24(26)25(23)27)21-13-11-20(12-14-21)19-9-7-18(4-2)8-10-19/h15-16,18-21H,3-14,17H2,1-2H3/t18-,19-,20?,21?. The van der Waals surface area contributed by atoms with Crippen molar-refractivity contribution in [1.82, 2.24) is 0 Å². The van der Waals surface area contributed by atoms with Gasteiger partial charge in [0.15, 0.2) is 11.6 Å². The molecule has 1 aromatic rings. The Balaban J connectivity index is 1.53. The van der Waals surface area contributed by atoms with Gasteiger partial charge in [0, 0.05) is 0 Å². The first-order valence-corrected chi connectivity index (χ1v) is 11.7. The fourth-order valence-corrected chi connectivity index (χ4v) is 5.48. The summed E-state index contributed by atoms with van der Waals surface area (Å²) in [4.78, 5) is 0. The summed E-state index contributed by atoms with van der Waals surface area (Å²) in [5.74, 6) is 1.35. The van der Waals surface area contributed by atoms with Crippen LogP contribution in [-0.4, -0.2) is 6.61 Å². The van der Waals surface area contributed by atoms with Gasteiger partial charge in [-0.25, -0.2) is 4.39 Å². The van der Waals surface area contributed by atoms with Gasteiger partial charge in [-0.1, -0.05) is 52.0 Å². The topological polar surface area (TPSA) is 9.23 Å². The average molecular weight is 393 g/mol. The fourth-order valence-electron chi connectivity index (χ4n) is 5.48. The van der Waals surface area contributed by atoms with Crippen molar-refractivity contribution < 1.29 is 13.5 Å². The summed E-state index contributed by atoms with van der Waals surface area (Å²) in [6.07, 6.45) is 14.2. The normalized spacial score (nSPS) is 28.3. The van der Waals surface area contributed by atoms with Crippen molar-refractivity contribution in [2.75, 3.05) is 6.61 Å². The zero-order valence-electron chi connectivity index (χ0n) is 17.8. The smallest absolute Gasteiger partial charge is 0.200 e. The molecule has 0 bridgehead atoms. The van der Waals surface area contributed by atoms with Crippen LogP contribution in [0.3, 0.4) is 0 Å². The Hall–Kier alpha value is -1.12. The highest BCUT2D eigenvalue weighted by Crippen LogP contribution is 2.45. The van der Waals surface area contributed by atoms with Gasteiger partial charge in [0.2, 0.25) is 5.82 Å². The van der Waals surface area contributed by atoms with Gasteiger partial charge in [0.25, 0.3) is 0 Å². The van der Waals surface area contributed by atoms with Crippen LogP contribution in [-0.2, 0) is 0 Å². The van der Waals surface area contributed by atoms with Gasteiger partial charge in [0.1, 0.15) is 0 Å². The van der Waals surface area contributed by atoms with Crippen LogP contribution in [0, 0.1) is 29.4 Å². The molecule has 1 aromatic carbocycles. The molecule has 0 radical (unpaired) electrons. The van der Waals surface area contributed by atoms with Gasteiger partial charge in [-0.2, -0.15) is 4.39 Å². The molecule has 2 aliphatic carbocycles. The largest absolute Gasteiger partial charge is 0.490 e.